The average molecular weight is 502 g/mol. The lowest BCUT2D eigenvalue weighted by Gasteiger charge is -2.14. The number of hydrogen-bond donors (Lipinski definition) is 2. The zero-order valence-electron chi connectivity index (χ0n) is 18.4. The molecule has 0 aliphatic heterocycles. The van der Waals surface area contributed by atoms with Gasteiger partial charge in [-0.2, -0.15) is 0 Å². The molecule has 0 saturated heterocycles. The highest BCUT2D eigenvalue weighted by atomic mass is 35.5. The zero-order chi connectivity index (χ0) is 23.7. The molecule has 0 aliphatic carbocycles. The van der Waals surface area contributed by atoms with Crippen LogP contribution in [0.15, 0.2) is 42.0 Å². The fraction of sp³-hybridized carbons (Fsp3) is 0.174. The Balaban J connectivity index is 1.64. The van der Waals surface area contributed by atoms with Gasteiger partial charge >= 0.3 is 0 Å². The number of carbonyl (C=O) groups excluding carboxylic acids is 1. The Bertz CT molecular complexity index is 1340. The summed E-state index contributed by atoms with van der Waals surface area (Å²) >= 11 is 14.2. The summed E-state index contributed by atoms with van der Waals surface area (Å²) in [5.74, 6) is 0.672. The molecule has 7 nitrogen and oxygen atoms in total. The third-order valence-corrected chi connectivity index (χ3v) is 6.89. The predicted molar refractivity (Wildman–Crippen MR) is 137 cm³/mol. The van der Waals surface area contributed by atoms with Crippen LogP contribution in [0.2, 0.25) is 10.0 Å². The Labute approximate surface area is 205 Å². The first-order valence-corrected chi connectivity index (χ1v) is 11.5. The van der Waals surface area contributed by atoms with E-state index in [1.54, 1.807) is 11.4 Å². The number of thiophene rings is 1. The van der Waals surface area contributed by atoms with Gasteiger partial charge in [0.1, 0.15) is 17.1 Å². The van der Waals surface area contributed by atoms with E-state index in [0.717, 1.165) is 21.6 Å². The molecule has 2 aromatic heterocycles. The fourth-order valence-electron chi connectivity index (χ4n) is 3.26. The van der Waals surface area contributed by atoms with Crippen LogP contribution in [0, 0.1) is 6.92 Å². The summed E-state index contributed by atoms with van der Waals surface area (Å²) < 4.78 is 6.05. The van der Waals surface area contributed by atoms with Gasteiger partial charge in [0.25, 0.3) is 5.91 Å². The number of ether oxygens (including phenoxy) is 1. The number of aromatic nitrogens is 2. The van der Waals surface area contributed by atoms with E-state index in [1.165, 1.54) is 24.8 Å². The van der Waals surface area contributed by atoms with Crippen molar-refractivity contribution in [2.75, 3.05) is 36.7 Å². The first-order valence-electron chi connectivity index (χ1n) is 9.90. The van der Waals surface area contributed by atoms with Crippen LogP contribution in [0.4, 0.5) is 22.9 Å². The number of benzene rings is 2. The second-order valence-electron chi connectivity index (χ2n) is 7.47. The number of methoxy groups -OCH3 is 1. The van der Waals surface area contributed by atoms with E-state index < -0.39 is 0 Å². The predicted octanol–water partition coefficient (Wildman–Crippen LogP) is 6.38. The summed E-state index contributed by atoms with van der Waals surface area (Å²) in [5.41, 5.74) is 3.94. The van der Waals surface area contributed by atoms with Crippen molar-refractivity contribution in [3.63, 3.8) is 0 Å². The largest absolute Gasteiger partial charge is 0.495 e. The van der Waals surface area contributed by atoms with Crippen molar-refractivity contribution in [1.29, 1.82) is 0 Å². The monoisotopic (exact) mass is 501 g/mol. The first-order chi connectivity index (χ1) is 15.8. The lowest BCUT2D eigenvalue weighted by molar-refractivity contribution is 0.102. The van der Waals surface area contributed by atoms with Gasteiger partial charge in [-0.15, -0.1) is 11.3 Å². The topological polar surface area (TPSA) is 79.4 Å². The van der Waals surface area contributed by atoms with Gasteiger partial charge in [-0.3, -0.25) is 4.79 Å². The number of nitrogens with one attached hydrogen (secondary N) is 2. The smallest absolute Gasteiger partial charge is 0.258 e. The van der Waals surface area contributed by atoms with Gasteiger partial charge in [0.15, 0.2) is 5.82 Å². The molecule has 0 radical (unpaired) electrons. The number of aryl methyl sites for hydroxylation is 1. The van der Waals surface area contributed by atoms with Crippen molar-refractivity contribution in [2.45, 2.75) is 6.92 Å². The van der Waals surface area contributed by atoms with E-state index in [0.29, 0.717) is 33.4 Å². The molecular weight excluding hydrogens is 481 g/mol. The van der Waals surface area contributed by atoms with Crippen molar-refractivity contribution >= 4 is 73.5 Å². The second kappa shape index (κ2) is 9.43. The molecule has 0 aliphatic rings. The SMILES string of the molecule is COc1cc(C)c(Cl)c(NC(=O)c2csc3c(Nc4ccc(N(C)C)cc4)ncnc23)c1Cl. The number of amides is 1. The van der Waals surface area contributed by atoms with Crippen LogP contribution in [-0.4, -0.2) is 37.1 Å². The maximum absolute atomic E-state index is 13.1. The number of anilines is 4. The molecule has 0 atom stereocenters. The van der Waals surface area contributed by atoms with Crippen molar-refractivity contribution < 1.29 is 9.53 Å². The van der Waals surface area contributed by atoms with Gasteiger partial charge < -0.3 is 20.3 Å². The zero-order valence-corrected chi connectivity index (χ0v) is 20.7. The van der Waals surface area contributed by atoms with Gasteiger partial charge in [-0.1, -0.05) is 23.2 Å². The van der Waals surface area contributed by atoms with Gasteiger partial charge in [0, 0.05) is 30.9 Å². The van der Waals surface area contributed by atoms with E-state index in [-0.39, 0.29) is 10.9 Å². The summed E-state index contributed by atoms with van der Waals surface area (Å²) in [6.07, 6.45) is 1.43. The summed E-state index contributed by atoms with van der Waals surface area (Å²) in [4.78, 5) is 23.9. The Morgan fingerprint density at radius 1 is 1.12 bits per heavy atom. The van der Waals surface area contributed by atoms with Crippen LogP contribution in [0.1, 0.15) is 15.9 Å². The Morgan fingerprint density at radius 3 is 2.52 bits per heavy atom. The molecule has 0 spiro atoms. The quantitative estimate of drug-likeness (QED) is 0.319. The van der Waals surface area contributed by atoms with Crippen molar-refractivity contribution in [3.8, 4) is 5.75 Å². The van der Waals surface area contributed by atoms with Gasteiger partial charge in [0.2, 0.25) is 0 Å². The maximum atomic E-state index is 13.1. The van der Waals surface area contributed by atoms with Crippen LogP contribution in [0.5, 0.6) is 5.75 Å². The number of halogens is 2. The number of rotatable bonds is 6. The Hall–Kier alpha value is -3.07. The van der Waals surface area contributed by atoms with Crippen LogP contribution in [0.3, 0.4) is 0 Å². The molecule has 1 amide bonds. The van der Waals surface area contributed by atoms with Crippen LogP contribution in [0.25, 0.3) is 10.2 Å². The lowest BCUT2D eigenvalue weighted by atomic mass is 10.2. The summed E-state index contributed by atoms with van der Waals surface area (Å²) in [6, 6.07) is 9.69. The highest BCUT2D eigenvalue weighted by Gasteiger charge is 2.21. The number of fused-ring (bicyclic) bond motifs is 1. The summed E-state index contributed by atoms with van der Waals surface area (Å²) in [6.45, 7) is 1.81. The van der Waals surface area contributed by atoms with E-state index >= 15 is 0 Å². The molecule has 4 rings (SSSR count). The standard InChI is InChI=1S/C23H21Cl2N5O2S/c1-12-9-16(32-4)18(25)20(17(12)24)29-23(31)15-10-33-21-19(15)26-11-27-22(21)28-13-5-7-14(8-6-13)30(2)3/h5-11H,1-4H3,(H,29,31)(H,26,27,28). The van der Waals surface area contributed by atoms with Crippen LogP contribution < -0.4 is 20.3 Å². The third-order valence-electron chi connectivity index (χ3n) is 5.05. The molecule has 4 aromatic rings. The Morgan fingerprint density at radius 2 is 1.85 bits per heavy atom. The average Bonchev–Trinajstić information content (AvgIpc) is 3.25. The maximum Gasteiger partial charge on any atom is 0.258 e. The van der Waals surface area contributed by atoms with Gasteiger partial charge in [0.05, 0.1) is 33.6 Å². The summed E-state index contributed by atoms with van der Waals surface area (Å²) in [7, 11) is 5.48. The van der Waals surface area contributed by atoms with Gasteiger partial charge in [-0.05, 0) is 42.8 Å². The molecule has 0 unspecified atom stereocenters. The van der Waals surface area contributed by atoms with Crippen molar-refractivity contribution in [2.24, 2.45) is 0 Å². The van der Waals surface area contributed by atoms with E-state index in [9.17, 15) is 4.79 Å². The minimum absolute atomic E-state index is 0.235. The highest BCUT2D eigenvalue weighted by Crippen LogP contribution is 2.41. The number of carbonyl (C=O) groups is 1. The van der Waals surface area contributed by atoms with E-state index in [2.05, 4.69) is 20.6 Å². The molecule has 2 heterocycles. The molecule has 33 heavy (non-hydrogen) atoms. The molecule has 2 N–H and O–H groups in total. The van der Waals surface area contributed by atoms with Crippen LogP contribution in [-0.2, 0) is 0 Å². The molecule has 170 valence electrons. The summed E-state index contributed by atoms with van der Waals surface area (Å²) in [5, 5.41) is 8.45. The molecule has 0 saturated carbocycles. The van der Waals surface area contributed by atoms with Crippen LogP contribution >= 0.6 is 34.5 Å². The second-order valence-corrected chi connectivity index (χ2v) is 9.10. The molecular formula is C23H21Cl2N5O2S. The number of hydrogen-bond acceptors (Lipinski definition) is 7. The van der Waals surface area contributed by atoms with E-state index in [1.807, 2.05) is 50.2 Å². The van der Waals surface area contributed by atoms with Gasteiger partial charge in [-0.25, -0.2) is 9.97 Å². The number of nitrogens with zero attached hydrogens (tertiary/aromatic N) is 3. The highest BCUT2D eigenvalue weighted by molar-refractivity contribution is 7.18. The molecule has 0 bridgehead atoms. The molecule has 0 fully saturated rings. The van der Waals surface area contributed by atoms with Crippen molar-refractivity contribution in [3.05, 3.63) is 63.2 Å². The Kier molecular flexibility index (Phi) is 6.60. The lowest BCUT2D eigenvalue weighted by Crippen LogP contribution is -2.13. The minimum Gasteiger partial charge on any atom is -0.495 e. The normalized spacial score (nSPS) is 10.8. The fourth-order valence-corrected chi connectivity index (χ4v) is 4.72. The molecule has 10 heteroatoms. The third kappa shape index (κ3) is 4.55. The minimum atomic E-state index is -0.377. The van der Waals surface area contributed by atoms with E-state index in [4.69, 9.17) is 27.9 Å². The van der Waals surface area contributed by atoms with Crippen molar-refractivity contribution in [1.82, 2.24) is 9.97 Å². The molecule has 2 aromatic carbocycles. The first kappa shape index (κ1) is 23.1.